The fourth-order valence-electron chi connectivity index (χ4n) is 4.02. The van der Waals surface area contributed by atoms with Gasteiger partial charge in [-0.2, -0.15) is 0 Å². The number of fused-ring (bicyclic) bond motifs is 1. The van der Waals surface area contributed by atoms with Crippen molar-refractivity contribution < 1.29 is 4.79 Å². The lowest BCUT2D eigenvalue weighted by molar-refractivity contribution is 0.0671. The normalized spacial score (nSPS) is 12.1. The molecule has 4 aromatic rings. The Morgan fingerprint density at radius 3 is 2.26 bits per heavy atom. The third-order valence-electron chi connectivity index (χ3n) is 5.96. The van der Waals surface area contributed by atoms with Crippen LogP contribution in [0.25, 0.3) is 16.6 Å². The summed E-state index contributed by atoms with van der Waals surface area (Å²) in [5.41, 5.74) is 1.81. The number of aromatic nitrogens is 2. The van der Waals surface area contributed by atoms with Gasteiger partial charge >= 0.3 is 0 Å². The van der Waals surface area contributed by atoms with E-state index >= 15 is 0 Å². The first-order chi connectivity index (χ1) is 16.4. The second kappa shape index (κ2) is 10.3. The number of benzene rings is 3. The first-order valence-corrected chi connectivity index (χ1v) is 12.3. The minimum absolute atomic E-state index is 0.0708. The van der Waals surface area contributed by atoms with E-state index in [1.807, 2.05) is 84.6 Å². The van der Waals surface area contributed by atoms with Crippen molar-refractivity contribution in [2.45, 2.75) is 33.2 Å². The lowest BCUT2D eigenvalue weighted by Gasteiger charge is -2.31. The van der Waals surface area contributed by atoms with E-state index in [1.165, 1.54) is 0 Å². The minimum Gasteiger partial charge on any atom is -0.329 e. The third kappa shape index (κ3) is 4.97. The van der Waals surface area contributed by atoms with E-state index in [9.17, 15) is 9.59 Å². The Hall–Kier alpha value is -3.25. The van der Waals surface area contributed by atoms with Gasteiger partial charge in [-0.15, -0.1) is 0 Å². The highest BCUT2D eigenvalue weighted by Gasteiger charge is 2.27. The maximum absolute atomic E-state index is 13.7. The summed E-state index contributed by atoms with van der Waals surface area (Å²) < 4.78 is 2.56. The monoisotopic (exact) mass is 517 g/mol. The van der Waals surface area contributed by atoms with Gasteiger partial charge in [0.1, 0.15) is 5.82 Å². The van der Waals surface area contributed by atoms with Crippen LogP contribution in [0.5, 0.6) is 0 Å². The Morgan fingerprint density at radius 2 is 1.59 bits per heavy atom. The highest BCUT2D eigenvalue weighted by molar-refractivity contribution is 9.10. The van der Waals surface area contributed by atoms with E-state index in [0.29, 0.717) is 40.4 Å². The standard InChI is InChI=1S/C28H28BrN3O2/c1-19(2)17-18-31(27(33)21-9-5-4-6-10-21)20(3)26-30-25-12-8-7-11-24(25)28(34)32(26)23-15-13-22(29)14-16-23/h4-16,19-20H,17-18H2,1-3H3. The number of hydrogen-bond donors (Lipinski definition) is 0. The molecule has 0 radical (unpaired) electrons. The zero-order chi connectivity index (χ0) is 24.2. The summed E-state index contributed by atoms with van der Waals surface area (Å²) in [6.45, 7) is 6.80. The van der Waals surface area contributed by atoms with Crippen LogP contribution in [0.3, 0.4) is 0 Å². The molecule has 1 heterocycles. The molecule has 0 spiro atoms. The van der Waals surface area contributed by atoms with Crippen molar-refractivity contribution in [1.82, 2.24) is 14.5 Å². The molecule has 0 aliphatic heterocycles. The van der Waals surface area contributed by atoms with Crippen molar-refractivity contribution in [2.75, 3.05) is 6.54 Å². The predicted molar refractivity (Wildman–Crippen MR) is 140 cm³/mol. The summed E-state index contributed by atoms with van der Waals surface area (Å²) >= 11 is 3.47. The van der Waals surface area contributed by atoms with Gasteiger partial charge in [0.05, 0.1) is 22.6 Å². The van der Waals surface area contributed by atoms with Crippen molar-refractivity contribution in [3.8, 4) is 5.69 Å². The van der Waals surface area contributed by atoms with Crippen LogP contribution >= 0.6 is 15.9 Å². The van der Waals surface area contributed by atoms with Crippen molar-refractivity contribution in [2.24, 2.45) is 5.92 Å². The van der Waals surface area contributed by atoms with Crippen LogP contribution in [-0.4, -0.2) is 26.9 Å². The molecule has 6 heteroatoms. The third-order valence-corrected chi connectivity index (χ3v) is 6.49. The lowest BCUT2D eigenvalue weighted by atomic mass is 10.1. The van der Waals surface area contributed by atoms with Crippen LogP contribution in [0.1, 0.15) is 49.4 Å². The molecule has 1 aromatic heterocycles. The molecule has 0 aliphatic rings. The first kappa shape index (κ1) is 23.9. The lowest BCUT2D eigenvalue weighted by Crippen LogP contribution is -2.38. The molecule has 4 rings (SSSR count). The largest absolute Gasteiger partial charge is 0.329 e. The van der Waals surface area contributed by atoms with Crippen molar-refractivity contribution >= 4 is 32.7 Å². The number of halogens is 1. The molecule has 1 amide bonds. The van der Waals surface area contributed by atoms with E-state index in [0.717, 1.165) is 10.9 Å². The molecule has 1 unspecified atom stereocenters. The van der Waals surface area contributed by atoms with Crippen LogP contribution in [0.4, 0.5) is 0 Å². The Kier molecular flexibility index (Phi) is 7.27. The Labute approximate surface area is 208 Å². The van der Waals surface area contributed by atoms with E-state index in [1.54, 1.807) is 10.6 Å². The zero-order valence-electron chi connectivity index (χ0n) is 19.6. The Balaban J connectivity index is 1.89. The molecule has 34 heavy (non-hydrogen) atoms. The van der Waals surface area contributed by atoms with Gasteiger partial charge in [-0.3, -0.25) is 14.2 Å². The molecule has 5 nitrogen and oxygen atoms in total. The maximum Gasteiger partial charge on any atom is 0.266 e. The number of para-hydroxylation sites is 1. The smallest absolute Gasteiger partial charge is 0.266 e. The SMILES string of the molecule is CC(C)CCN(C(=O)c1ccccc1)C(C)c1nc2ccccc2c(=O)n1-c1ccc(Br)cc1. The van der Waals surface area contributed by atoms with Crippen LogP contribution in [0.15, 0.2) is 88.1 Å². The quantitative estimate of drug-likeness (QED) is 0.285. The first-order valence-electron chi connectivity index (χ1n) is 11.5. The van der Waals surface area contributed by atoms with E-state index < -0.39 is 6.04 Å². The Morgan fingerprint density at radius 1 is 0.941 bits per heavy atom. The summed E-state index contributed by atoms with van der Waals surface area (Å²) in [5.74, 6) is 0.897. The zero-order valence-corrected chi connectivity index (χ0v) is 21.2. The second-order valence-electron chi connectivity index (χ2n) is 8.83. The molecule has 0 saturated carbocycles. The van der Waals surface area contributed by atoms with Crippen molar-refractivity contribution in [3.05, 3.63) is 105 Å². The highest BCUT2D eigenvalue weighted by atomic mass is 79.9. The van der Waals surface area contributed by atoms with Gasteiger partial charge in [0, 0.05) is 16.6 Å². The summed E-state index contributed by atoms with van der Waals surface area (Å²) in [7, 11) is 0. The van der Waals surface area contributed by atoms with E-state index in [4.69, 9.17) is 4.98 Å². The van der Waals surface area contributed by atoms with Gasteiger partial charge in [-0.05, 0) is 67.8 Å². The second-order valence-corrected chi connectivity index (χ2v) is 9.74. The van der Waals surface area contributed by atoms with Crippen molar-refractivity contribution in [3.63, 3.8) is 0 Å². The van der Waals surface area contributed by atoms with Gasteiger partial charge in [-0.25, -0.2) is 4.98 Å². The molecule has 0 fully saturated rings. The molecule has 1 atom stereocenters. The van der Waals surface area contributed by atoms with E-state index in [2.05, 4.69) is 29.8 Å². The summed E-state index contributed by atoms with van der Waals surface area (Å²) in [6.07, 6.45) is 0.846. The Bertz CT molecular complexity index is 1350. The van der Waals surface area contributed by atoms with Crippen LogP contribution in [0, 0.1) is 5.92 Å². The highest BCUT2D eigenvalue weighted by Crippen LogP contribution is 2.26. The van der Waals surface area contributed by atoms with Gasteiger partial charge in [0.25, 0.3) is 11.5 Å². The maximum atomic E-state index is 13.7. The molecule has 174 valence electrons. The number of carbonyl (C=O) groups is 1. The fraction of sp³-hybridized carbons (Fsp3) is 0.250. The number of nitrogens with zero attached hydrogens (tertiary/aromatic N) is 3. The average molecular weight is 518 g/mol. The summed E-state index contributed by atoms with van der Waals surface area (Å²) in [6, 6.07) is 23.8. The minimum atomic E-state index is -0.424. The molecule has 0 aliphatic carbocycles. The number of amides is 1. The fourth-order valence-corrected chi connectivity index (χ4v) is 4.29. The summed E-state index contributed by atoms with van der Waals surface area (Å²) in [5, 5.41) is 0.546. The number of rotatable bonds is 7. The molecule has 0 saturated heterocycles. The van der Waals surface area contributed by atoms with Gasteiger partial charge < -0.3 is 4.90 Å². The number of carbonyl (C=O) groups excluding carboxylic acids is 1. The number of hydrogen-bond acceptors (Lipinski definition) is 3. The van der Waals surface area contributed by atoms with Crippen LogP contribution in [0.2, 0.25) is 0 Å². The molecular formula is C28H28BrN3O2. The van der Waals surface area contributed by atoms with Gasteiger partial charge in [0.2, 0.25) is 0 Å². The average Bonchev–Trinajstić information content (AvgIpc) is 2.85. The van der Waals surface area contributed by atoms with Gasteiger partial charge in [0.15, 0.2) is 0 Å². The topological polar surface area (TPSA) is 55.2 Å². The van der Waals surface area contributed by atoms with Crippen molar-refractivity contribution in [1.29, 1.82) is 0 Å². The van der Waals surface area contributed by atoms with E-state index in [-0.39, 0.29) is 11.5 Å². The predicted octanol–water partition coefficient (Wildman–Crippen LogP) is 6.40. The molecule has 0 N–H and O–H groups in total. The molecule has 0 bridgehead atoms. The molecule has 3 aromatic carbocycles. The van der Waals surface area contributed by atoms with Crippen LogP contribution < -0.4 is 5.56 Å². The van der Waals surface area contributed by atoms with Gasteiger partial charge in [-0.1, -0.05) is 60.1 Å². The molecular weight excluding hydrogens is 490 g/mol. The summed E-state index contributed by atoms with van der Waals surface area (Å²) in [4.78, 5) is 34.0. The van der Waals surface area contributed by atoms with Crippen LogP contribution in [-0.2, 0) is 0 Å².